The van der Waals surface area contributed by atoms with Crippen molar-refractivity contribution in [2.45, 2.75) is 13.8 Å². The van der Waals surface area contributed by atoms with Crippen molar-refractivity contribution in [3.05, 3.63) is 47.3 Å². The first-order valence-electron chi connectivity index (χ1n) is 5.91. The summed E-state index contributed by atoms with van der Waals surface area (Å²) in [7, 11) is 0. The zero-order valence-electron chi connectivity index (χ0n) is 10.7. The Morgan fingerprint density at radius 3 is 2.74 bits per heavy atom. The number of nitrogens with two attached hydrogens (primary N) is 1. The topological polar surface area (TPSA) is 74.0 Å². The average molecular weight is 255 g/mol. The van der Waals surface area contributed by atoms with Crippen molar-refractivity contribution in [1.29, 1.82) is 0 Å². The predicted molar refractivity (Wildman–Crippen MR) is 72.1 cm³/mol. The van der Waals surface area contributed by atoms with Crippen LogP contribution in [0.2, 0.25) is 0 Å². The lowest BCUT2D eigenvalue weighted by atomic mass is 10.2. The van der Waals surface area contributed by atoms with Gasteiger partial charge in [0.15, 0.2) is 5.76 Å². The summed E-state index contributed by atoms with van der Waals surface area (Å²) in [5.74, 6) is 0.175. The van der Waals surface area contributed by atoms with Gasteiger partial charge in [-0.1, -0.05) is 12.1 Å². The minimum atomic E-state index is -0.362. The Morgan fingerprint density at radius 1 is 1.26 bits per heavy atom. The number of nitrogen functional groups attached to an aromatic ring is 1. The number of benzene rings is 1. The SMILES string of the molecule is Cc1ccc2cc(C(=O)n3nc(C)cc3N)oc2c1. The van der Waals surface area contributed by atoms with E-state index in [4.69, 9.17) is 10.2 Å². The summed E-state index contributed by atoms with van der Waals surface area (Å²) in [5, 5.41) is 4.94. The summed E-state index contributed by atoms with van der Waals surface area (Å²) in [4.78, 5) is 12.3. The fraction of sp³-hybridized carbons (Fsp3) is 0.143. The fourth-order valence-electron chi connectivity index (χ4n) is 2.03. The molecule has 2 heterocycles. The Bertz CT molecular complexity index is 783. The van der Waals surface area contributed by atoms with Crippen LogP contribution in [0.25, 0.3) is 11.0 Å². The summed E-state index contributed by atoms with van der Waals surface area (Å²) >= 11 is 0. The third-order valence-corrected chi connectivity index (χ3v) is 2.94. The van der Waals surface area contributed by atoms with Crippen molar-refractivity contribution in [3.63, 3.8) is 0 Å². The molecule has 0 spiro atoms. The smallest absolute Gasteiger partial charge is 0.315 e. The number of aryl methyl sites for hydroxylation is 2. The van der Waals surface area contributed by atoms with Gasteiger partial charge in [-0.15, -0.1) is 0 Å². The zero-order chi connectivity index (χ0) is 13.6. The van der Waals surface area contributed by atoms with Crippen LogP contribution in [-0.4, -0.2) is 15.7 Å². The van der Waals surface area contributed by atoms with Gasteiger partial charge in [0.2, 0.25) is 0 Å². The molecule has 5 heteroatoms. The summed E-state index contributed by atoms with van der Waals surface area (Å²) in [6.45, 7) is 3.75. The zero-order valence-corrected chi connectivity index (χ0v) is 10.7. The van der Waals surface area contributed by atoms with Gasteiger partial charge in [0.1, 0.15) is 11.4 Å². The predicted octanol–water partition coefficient (Wildman–Crippen LogP) is 2.52. The van der Waals surface area contributed by atoms with Crippen LogP contribution in [0.4, 0.5) is 5.82 Å². The van der Waals surface area contributed by atoms with Crippen LogP contribution in [-0.2, 0) is 0 Å². The maximum Gasteiger partial charge on any atom is 0.315 e. The van der Waals surface area contributed by atoms with Gasteiger partial charge in [-0.05, 0) is 31.5 Å². The molecule has 1 aromatic carbocycles. The van der Waals surface area contributed by atoms with Crippen molar-refractivity contribution >= 4 is 22.7 Å². The maximum atomic E-state index is 12.3. The molecule has 0 atom stereocenters. The standard InChI is InChI=1S/C14H13N3O2/c1-8-3-4-10-7-12(19-11(10)5-8)14(18)17-13(15)6-9(2)16-17/h3-7H,15H2,1-2H3. The number of hydrogen-bond donors (Lipinski definition) is 1. The quantitative estimate of drug-likeness (QED) is 0.725. The Kier molecular flexibility index (Phi) is 2.41. The number of rotatable bonds is 1. The lowest BCUT2D eigenvalue weighted by molar-refractivity contribution is 0.0922. The first-order valence-corrected chi connectivity index (χ1v) is 5.91. The molecule has 0 fully saturated rings. The lowest BCUT2D eigenvalue weighted by Gasteiger charge is -1.98. The average Bonchev–Trinajstić information content (AvgIpc) is 2.91. The van der Waals surface area contributed by atoms with Gasteiger partial charge in [0.25, 0.3) is 0 Å². The van der Waals surface area contributed by atoms with Crippen LogP contribution in [0.1, 0.15) is 21.8 Å². The molecule has 2 N–H and O–H groups in total. The van der Waals surface area contributed by atoms with Crippen molar-refractivity contribution in [2.75, 3.05) is 5.73 Å². The summed E-state index contributed by atoms with van der Waals surface area (Å²) in [6.07, 6.45) is 0. The number of carbonyl (C=O) groups excluding carboxylic acids is 1. The van der Waals surface area contributed by atoms with Crippen molar-refractivity contribution in [3.8, 4) is 0 Å². The molecule has 0 aliphatic carbocycles. The molecule has 0 radical (unpaired) electrons. The van der Waals surface area contributed by atoms with Crippen LogP contribution in [0, 0.1) is 13.8 Å². The minimum Gasteiger partial charge on any atom is -0.451 e. The maximum absolute atomic E-state index is 12.3. The Labute approximate surface area is 109 Å². The Balaban J connectivity index is 2.09. The molecule has 0 bridgehead atoms. The van der Waals surface area contributed by atoms with E-state index in [1.807, 2.05) is 25.1 Å². The number of aromatic nitrogens is 2. The first-order chi connectivity index (χ1) is 9.04. The molecule has 0 amide bonds. The third-order valence-electron chi connectivity index (χ3n) is 2.94. The van der Waals surface area contributed by atoms with E-state index in [0.717, 1.165) is 15.6 Å². The van der Waals surface area contributed by atoms with Crippen molar-refractivity contribution in [1.82, 2.24) is 9.78 Å². The van der Waals surface area contributed by atoms with Crippen molar-refractivity contribution < 1.29 is 9.21 Å². The first kappa shape index (κ1) is 11.5. The van der Waals surface area contributed by atoms with E-state index in [1.165, 1.54) is 0 Å². The second-order valence-corrected chi connectivity index (χ2v) is 4.58. The van der Waals surface area contributed by atoms with E-state index in [2.05, 4.69) is 5.10 Å². The van der Waals surface area contributed by atoms with Gasteiger partial charge in [-0.25, -0.2) is 0 Å². The lowest BCUT2D eigenvalue weighted by Crippen LogP contribution is -2.15. The van der Waals surface area contributed by atoms with Crippen LogP contribution in [0.3, 0.4) is 0 Å². The normalized spacial score (nSPS) is 11.1. The number of fused-ring (bicyclic) bond motifs is 1. The molecule has 19 heavy (non-hydrogen) atoms. The highest BCUT2D eigenvalue weighted by molar-refractivity contribution is 5.98. The van der Waals surface area contributed by atoms with Crippen LogP contribution < -0.4 is 5.73 Å². The van der Waals surface area contributed by atoms with Gasteiger partial charge in [-0.3, -0.25) is 4.79 Å². The van der Waals surface area contributed by atoms with Crippen LogP contribution in [0.15, 0.2) is 34.7 Å². The Hall–Kier alpha value is -2.56. The molecule has 3 aromatic rings. The highest BCUT2D eigenvalue weighted by Crippen LogP contribution is 2.22. The number of hydrogen-bond acceptors (Lipinski definition) is 4. The third kappa shape index (κ3) is 1.89. The summed E-state index contributed by atoms with van der Waals surface area (Å²) in [6, 6.07) is 9.13. The molecular weight excluding hydrogens is 242 g/mol. The highest BCUT2D eigenvalue weighted by atomic mass is 16.3. The van der Waals surface area contributed by atoms with E-state index < -0.39 is 0 Å². The summed E-state index contributed by atoms with van der Waals surface area (Å²) < 4.78 is 6.72. The summed E-state index contributed by atoms with van der Waals surface area (Å²) in [5.41, 5.74) is 8.19. The highest BCUT2D eigenvalue weighted by Gasteiger charge is 2.17. The van der Waals surface area contributed by atoms with E-state index in [0.29, 0.717) is 17.1 Å². The van der Waals surface area contributed by atoms with E-state index in [-0.39, 0.29) is 11.7 Å². The molecule has 0 aliphatic heterocycles. The molecule has 96 valence electrons. The number of furan rings is 1. The second-order valence-electron chi connectivity index (χ2n) is 4.58. The van der Waals surface area contributed by atoms with Gasteiger partial charge in [-0.2, -0.15) is 9.78 Å². The van der Waals surface area contributed by atoms with E-state index >= 15 is 0 Å². The van der Waals surface area contributed by atoms with Crippen LogP contribution in [0.5, 0.6) is 0 Å². The molecule has 0 unspecified atom stereocenters. The van der Waals surface area contributed by atoms with Gasteiger partial charge >= 0.3 is 5.91 Å². The fourth-order valence-corrected chi connectivity index (χ4v) is 2.03. The molecular formula is C14H13N3O2. The minimum absolute atomic E-state index is 0.232. The molecule has 0 saturated carbocycles. The monoisotopic (exact) mass is 255 g/mol. The number of carbonyl (C=O) groups is 1. The van der Waals surface area contributed by atoms with Gasteiger partial charge in [0.05, 0.1) is 5.69 Å². The van der Waals surface area contributed by atoms with E-state index in [9.17, 15) is 4.79 Å². The molecule has 2 aromatic heterocycles. The number of nitrogens with zero attached hydrogens (tertiary/aromatic N) is 2. The number of anilines is 1. The molecule has 5 nitrogen and oxygen atoms in total. The second kappa shape index (κ2) is 3.98. The van der Waals surface area contributed by atoms with Crippen molar-refractivity contribution in [2.24, 2.45) is 0 Å². The molecule has 0 saturated heterocycles. The molecule has 3 rings (SSSR count). The Morgan fingerprint density at radius 2 is 2.05 bits per heavy atom. The molecule has 0 aliphatic rings. The van der Waals surface area contributed by atoms with Crippen LogP contribution >= 0.6 is 0 Å². The van der Waals surface area contributed by atoms with E-state index in [1.54, 1.807) is 19.1 Å². The largest absolute Gasteiger partial charge is 0.451 e. The van der Waals surface area contributed by atoms with Gasteiger partial charge < -0.3 is 10.2 Å². The van der Waals surface area contributed by atoms with Gasteiger partial charge in [0, 0.05) is 11.5 Å².